The van der Waals surface area contributed by atoms with E-state index >= 15 is 0 Å². The number of phosphoric ester groups is 1. The summed E-state index contributed by atoms with van der Waals surface area (Å²) in [5, 5.41) is 21.6. The molecule has 1 aromatic carbocycles. The smallest absolute Gasteiger partial charge is 0.462 e. The zero-order valence-corrected chi connectivity index (χ0v) is 30.4. The van der Waals surface area contributed by atoms with Crippen molar-refractivity contribution in [3.8, 4) is 0 Å². The highest BCUT2D eigenvalue weighted by molar-refractivity contribution is 7.47. The van der Waals surface area contributed by atoms with Gasteiger partial charge in [-0.05, 0) is 41.6 Å². The van der Waals surface area contributed by atoms with E-state index in [2.05, 4.69) is 34.1 Å². The molecule has 0 fully saturated rings. The van der Waals surface area contributed by atoms with Crippen molar-refractivity contribution < 1.29 is 47.1 Å². The molecule has 1 heterocycles. The Labute approximate surface area is 294 Å². The predicted octanol–water partition coefficient (Wildman–Crippen LogP) is 6.99. The van der Waals surface area contributed by atoms with Crippen molar-refractivity contribution in [2.45, 2.75) is 123 Å². The van der Waals surface area contributed by atoms with Crippen molar-refractivity contribution in [2.75, 3.05) is 38.2 Å². The molecule has 0 radical (unpaired) electrons. The first-order valence-corrected chi connectivity index (χ1v) is 19.3. The molecule has 16 nitrogen and oxygen atoms in total. The van der Waals surface area contributed by atoms with Crippen molar-refractivity contribution in [1.29, 1.82) is 0 Å². The van der Waals surface area contributed by atoms with Gasteiger partial charge in [0.2, 0.25) is 5.52 Å². The number of esters is 2. The van der Waals surface area contributed by atoms with Crippen LogP contribution in [0.25, 0.3) is 11.0 Å². The van der Waals surface area contributed by atoms with E-state index in [4.69, 9.17) is 24.3 Å². The van der Waals surface area contributed by atoms with E-state index in [1.54, 1.807) is 0 Å². The summed E-state index contributed by atoms with van der Waals surface area (Å²) in [6, 6.07) is 2.85. The maximum Gasteiger partial charge on any atom is 0.472 e. The van der Waals surface area contributed by atoms with Crippen LogP contribution < -0.4 is 11.1 Å². The molecule has 0 spiro atoms. The molecule has 1 unspecified atom stereocenters. The van der Waals surface area contributed by atoms with Crippen molar-refractivity contribution in [1.82, 2.24) is 10.3 Å². The summed E-state index contributed by atoms with van der Waals surface area (Å²) in [7, 11) is -4.44. The van der Waals surface area contributed by atoms with Gasteiger partial charge in [0.05, 0.1) is 23.8 Å². The Morgan fingerprint density at radius 1 is 0.900 bits per heavy atom. The van der Waals surface area contributed by atoms with Gasteiger partial charge in [0, 0.05) is 32.0 Å². The number of unbranched alkanes of at least 4 members (excludes halogenated alkanes) is 11. The van der Waals surface area contributed by atoms with Crippen LogP contribution in [0.2, 0.25) is 0 Å². The van der Waals surface area contributed by atoms with E-state index in [1.165, 1.54) is 57.1 Å². The summed E-state index contributed by atoms with van der Waals surface area (Å²) in [6.45, 7) is 3.98. The van der Waals surface area contributed by atoms with Crippen LogP contribution in [0, 0.1) is 16.0 Å². The molecule has 284 valence electrons. The molecule has 0 saturated heterocycles. The van der Waals surface area contributed by atoms with Crippen molar-refractivity contribution in [3.63, 3.8) is 0 Å². The number of anilines is 1. The first kappa shape index (κ1) is 43.0. The van der Waals surface area contributed by atoms with E-state index < -0.39 is 37.4 Å². The molecule has 17 heteroatoms. The molecule has 0 aliphatic heterocycles. The molecule has 2 rings (SSSR count). The minimum atomic E-state index is -4.44. The summed E-state index contributed by atoms with van der Waals surface area (Å²) in [6.07, 6.45) is 13.7. The van der Waals surface area contributed by atoms with Gasteiger partial charge in [0.25, 0.3) is 0 Å². The first-order valence-electron chi connectivity index (χ1n) is 17.8. The average molecular weight is 730 g/mol. The maximum atomic E-state index is 12.6. The SMILES string of the molecule is CC(C)CCCCCCCCCCCCC(=O)OC[C@H](COP(=O)(O)OCCN)OC(=O)CCCCCNc1ccc([N+](=O)[O-])c2nonc12. The summed E-state index contributed by atoms with van der Waals surface area (Å²) in [5.41, 5.74) is 5.94. The Morgan fingerprint density at radius 2 is 1.50 bits per heavy atom. The number of nitrogens with one attached hydrogen (secondary N) is 1. The Hall–Kier alpha value is -3.17. The van der Waals surface area contributed by atoms with E-state index in [-0.39, 0.29) is 49.3 Å². The van der Waals surface area contributed by atoms with E-state index in [1.807, 2.05) is 0 Å². The highest BCUT2D eigenvalue weighted by Crippen LogP contribution is 2.43. The third kappa shape index (κ3) is 18.7. The van der Waals surface area contributed by atoms with Gasteiger partial charge in [0.15, 0.2) is 11.6 Å². The van der Waals surface area contributed by atoms with Crippen molar-refractivity contribution in [2.24, 2.45) is 11.7 Å². The van der Waals surface area contributed by atoms with Crippen LogP contribution in [0.4, 0.5) is 11.4 Å². The minimum absolute atomic E-state index is 0.00760. The molecule has 0 aliphatic carbocycles. The number of non-ortho nitro benzene ring substituents is 1. The number of carbonyl (C=O) groups excluding carboxylic acids is 2. The third-order valence-electron chi connectivity index (χ3n) is 7.90. The number of hydrogen-bond acceptors (Lipinski definition) is 14. The molecule has 0 aliphatic rings. The summed E-state index contributed by atoms with van der Waals surface area (Å²) in [4.78, 5) is 45.4. The number of fused-ring (bicyclic) bond motifs is 1. The zero-order valence-electron chi connectivity index (χ0n) is 29.6. The van der Waals surface area contributed by atoms with Crippen LogP contribution in [0.15, 0.2) is 16.8 Å². The van der Waals surface area contributed by atoms with Gasteiger partial charge < -0.3 is 25.4 Å². The Bertz CT molecular complexity index is 1330. The van der Waals surface area contributed by atoms with E-state index in [9.17, 15) is 29.2 Å². The van der Waals surface area contributed by atoms with Crippen LogP contribution >= 0.6 is 7.82 Å². The van der Waals surface area contributed by atoms with Crippen LogP contribution in [0.5, 0.6) is 0 Å². The molecular formula is C33H56N5O11P. The fourth-order valence-corrected chi connectivity index (χ4v) is 5.94. The van der Waals surface area contributed by atoms with Crippen LogP contribution in [-0.4, -0.2) is 71.1 Å². The second kappa shape index (κ2) is 24.9. The number of nitrogens with zero attached hydrogens (tertiary/aromatic N) is 3. The van der Waals surface area contributed by atoms with Crippen molar-refractivity contribution in [3.05, 3.63) is 22.2 Å². The molecule has 4 N–H and O–H groups in total. The normalized spacial score (nSPS) is 13.3. The van der Waals surface area contributed by atoms with Crippen LogP contribution in [-0.2, 0) is 32.7 Å². The van der Waals surface area contributed by atoms with E-state index in [0.717, 1.165) is 25.2 Å². The zero-order chi connectivity index (χ0) is 36.6. The number of phosphoric acid groups is 1. The molecule has 2 aromatic rings. The molecule has 2 atom stereocenters. The van der Waals surface area contributed by atoms with Gasteiger partial charge >= 0.3 is 25.4 Å². The van der Waals surface area contributed by atoms with Crippen molar-refractivity contribution >= 4 is 42.2 Å². The quantitative estimate of drug-likeness (QED) is 0.0242. The second-order valence-electron chi connectivity index (χ2n) is 12.7. The van der Waals surface area contributed by atoms with Gasteiger partial charge in [-0.1, -0.05) is 84.5 Å². The second-order valence-corrected chi connectivity index (χ2v) is 14.2. The molecule has 0 amide bonds. The van der Waals surface area contributed by atoms with Gasteiger partial charge in [-0.15, -0.1) is 0 Å². The number of aromatic nitrogens is 2. The Balaban J connectivity index is 1.66. The number of benzene rings is 1. The highest BCUT2D eigenvalue weighted by atomic mass is 31.2. The van der Waals surface area contributed by atoms with Gasteiger partial charge in [-0.2, -0.15) is 0 Å². The number of nitrogens with two attached hydrogens (primary N) is 1. The van der Waals surface area contributed by atoms with Gasteiger partial charge in [-0.3, -0.25) is 28.8 Å². The standard InChI is InChI=1S/C33H56N5O11P/c1-26(2)16-12-9-7-5-3-4-6-8-10-13-17-30(39)45-24-27(25-47-50(43,44)46-23-21-34)48-31(40)18-14-11-15-22-35-28-19-20-29(38(41)42)33-32(28)36-49-37-33/h19-20,26-27,35H,3-18,21-25,34H2,1-2H3,(H,43,44)/t27-/m1/s1. The summed E-state index contributed by atoms with van der Waals surface area (Å²) in [5.74, 6) is -0.249. The number of nitro benzene ring substituents is 1. The third-order valence-corrected chi connectivity index (χ3v) is 8.88. The number of carbonyl (C=O) groups is 2. The molecule has 50 heavy (non-hydrogen) atoms. The Morgan fingerprint density at radius 3 is 2.14 bits per heavy atom. The lowest BCUT2D eigenvalue weighted by atomic mass is 10.0. The average Bonchev–Trinajstić information content (AvgIpc) is 3.57. The number of ether oxygens (including phenoxy) is 2. The first-order chi connectivity index (χ1) is 24.0. The number of nitro groups is 1. The summed E-state index contributed by atoms with van der Waals surface area (Å²) >= 11 is 0. The molecule has 0 bridgehead atoms. The lowest BCUT2D eigenvalue weighted by Gasteiger charge is -2.20. The highest BCUT2D eigenvalue weighted by Gasteiger charge is 2.26. The van der Waals surface area contributed by atoms with E-state index in [0.29, 0.717) is 37.9 Å². The Kier molecular flexibility index (Phi) is 21.4. The molecule has 1 aromatic heterocycles. The molecular weight excluding hydrogens is 673 g/mol. The fourth-order valence-electron chi connectivity index (χ4n) is 5.18. The van der Waals surface area contributed by atoms with Crippen LogP contribution in [0.1, 0.15) is 117 Å². The van der Waals surface area contributed by atoms with Gasteiger partial charge in [0.1, 0.15) is 6.61 Å². The topological polar surface area (TPSA) is 228 Å². The minimum Gasteiger partial charge on any atom is -0.462 e. The lowest BCUT2D eigenvalue weighted by Crippen LogP contribution is -2.29. The lowest BCUT2D eigenvalue weighted by molar-refractivity contribution is -0.383. The summed E-state index contributed by atoms with van der Waals surface area (Å²) < 4.78 is 37.2. The number of rotatable bonds is 30. The largest absolute Gasteiger partial charge is 0.472 e. The van der Waals surface area contributed by atoms with Crippen LogP contribution in [0.3, 0.4) is 0 Å². The predicted molar refractivity (Wildman–Crippen MR) is 187 cm³/mol. The fraction of sp³-hybridized carbons (Fsp3) is 0.758. The number of hydrogen-bond donors (Lipinski definition) is 3. The monoisotopic (exact) mass is 729 g/mol. The maximum absolute atomic E-state index is 12.6. The molecule has 0 saturated carbocycles. The van der Waals surface area contributed by atoms with Gasteiger partial charge in [-0.25, -0.2) is 9.19 Å².